The Kier molecular flexibility index (Phi) is 10.1. The third-order valence-corrected chi connectivity index (χ3v) is 6.21. The lowest BCUT2D eigenvalue weighted by atomic mass is 9.92. The summed E-state index contributed by atoms with van der Waals surface area (Å²) in [4.78, 5) is 15.6. The van der Waals surface area contributed by atoms with Gasteiger partial charge in [0.25, 0.3) is 0 Å². The zero-order valence-electron chi connectivity index (χ0n) is 20.8. The van der Waals surface area contributed by atoms with E-state index >= 15 is 0 Å². The number of urea groups is 1. The molecule has 0 saturated carbocycles. The van der Waals surface area contributed by atoms with Gasteiger partial charge < -0.3 is 15.3 Å². The first-order chi connectivity index (χ1) is 15.3. The first-order valence-corrected chi connectivity index (χ1v) is 12.3. The maximum atomic E-state index is 13.6. The Bertz CT molecular complexity index is 817. The van der Waals surface area contributed by atoms with E-state index in [0.29, 0.717) is 18.4 Å². The molecule has 32 heavy (non-hydrogen) atoms. The topological polar surface area (TPSA) is 52.6 Å². The van der Waals surface area contributed by atoms with Gasteiger partial charge in [-0.05, 0) is 54.0 Å². The van der Waals surface area contributed by atoms with E-state index < -0.39 is 0 Å². The average Bonchev–Trinajstić information content (AvgIpc) is 2.76. The van der Waals surface area contributed by atoms with Gasteiger partial charge in [-0.15, -0.1) is 0 Å². The smallest absolute Gasteiger partial charge is 0.322 e. The Morgan fingerprint density at radius 2 is 1.44 bits per heavy atom. The summed E-state index contributed by atoms with van der Waals surface area (Å²) in [5.41, 5.74) is 4.32. The van der Waals surface area contributed by atoms with E-state index in [4.69, 9.17) is 0 Å². The Morgan fingerprint density at radius 1 is 0.875 bits per heavy atom. The molecule has 0 fully saturated rings. The molecule has 0 bridgehead atoms. The molecule has 0 aliphatic heterocycles. The van der Waals surface area contributed by atoms with Gasteiger partial charge in [-0.25, -0.2) is 4.79 Å². The number of benzene rings is 2. The molecule has 0 saturated heterocycles. The number of anilines is 1. The molecule has 2 aromatic carbocycles. The summed E-state index contributed by atoms with van der Waals surface area (Å²) in [6, 6.07) is 13.4. The molecular weight excluding hydrogens is 396 g/mol. The average molecular weight is 439 g/mol. The lowest BCUT2D eigenvalue weighted by molar-refractivity contribution is 0.191. The molecule has 0 aromatic heterocycles. The van der Waals surface area contributed by atoms with Crippen molar-refractivity contribution < 1.29 is 9.90 Å². The number of nitrogens with zero attached hydrogens (tertiary/aromatic N) is 1. The van der Waals surface area contributed by atoms with Crippen LogP contribution >= 0.6 is 0 Å². The van der Waals surface area contributed by atoms with Crippen LogP contribution in [0.5, 0.6) is 5.75 Å². The fourth-order valence-electron chi connectivity index (χ4n) is 4.16. The molecule has 0 spiro atoms. The molecule has 176 valence electrons. The predicted molar refractivity (Wildman–Crippen MR) is 136 cm³/mol. The van der Waals surface area contributed by atoms with Gasteiger partial charge in [-0.1, -0.05) is 90.6 Å². The zero-order chi connectivity index (χ0) is 23.7. The van der Waals surface area contributed by atoms with Crippen LogP contribution in [0.25, 0.3) is 0 Å². The second-order valence-corrected chi connectivity index (χ2v) is 9.43. The monoisotopic (exact) mass is 438 g/mol. The van der Waals surface area contributed by atoms with Crippen LogP contribution in [0.2, 0.25) is 0 Å². The molecule has 2 rings (SSSR count). The maximum absolute atomic E-state index is 13.6. The SMILES string of the molecule is CCCCCCCN(C(=O)Nc1c(C(C)C)cccc1C(C)C)C(C)c1ccc(O)cc1. The van der Waals surface area contributed by atoms with Crippen molar-refractivity contribution in [3.05, 3.63) is 59.2 Å². The quantitative estimate of drug-likeness (QED) is 0.347. The number of amides is 2. The Hall–Kier alpha value is -2.49. The normalized spacial score (nSPS) is 12.2. The van der Waals surface area contributed by atoms with Crippen LogP contribution in [0.1, 0.15) is 108 Å². The van der Waals surface area contributed by atoms with Gasteiger partial charge in [0.05, 0.1) is 6.04 Å². The van der Waals surface area contributed by atoms with Gasteiger partial charge >= 0.3 is 6.03 Å². The fourth-order valence-corrected chi connectivity index (χ4v) is 4.16. The van der Waals surface area contributed by atoms with Gasteiger partial charge in [0.15, 0.2) is 0 Å². The van der Waals surface area contributed by atoms with E-state index in [1.165, 1.54) is 30.4 Å². The summed E-state index contributed by atoms with van der Waals surface area (Å²) in [6.45, 7) is 13.7. The second kappa shape index (κ2) is 12.5. The molecular formula is C28H42N2O2. The van der Waals surface area contributed by atoms with Crippen LogP contribution in [0.15, 0.2) is 42.5 Å². The van der Waals surface area contributed by atoms with Crippen LogP contribution in [-0.4, -0.2) is 22.6 Å². The predicted octanol–water partition coefficient (Wildman–Crippen LogP) is 8.20. The first-order valence-electron chi connectivity index (χ1n) is 12.3. The summed E-state index contributed by atoms with van der Waals surface area (Å²) in [5.74, 6) is 0.881. The number of phenols is 1. The van der Waals surface area contributed by atoms with E-state index in [-0.39, 0.29) is 17.8 Å². The van der Waals surface area contributed by atoms with Crippen LogP contribution in [0.4, 0.5) is 10.5 Å². The highest BCUT2D eigenvalue weighted by atomic mass is 16.3. The molecule has 0 heterocycles. The standard InChI is InChI=1S/C28H42N2O2/c1-7-8-9-10-11-19-30(22(6)23-15-17-24(31)18-16-23)28(32)29-27-25(20(2)3)13-12-14-26(27)21(4)5/h12-18,20-22,31H,7-11,19H2,1-6H3,(H,29,32). The summed E-state index contributed by atoms with van der Waals surface area (Å²) in [6.07, 6.45) is 5.75. The molecule has 4 nitrogen and oxygen atoms in total. The number of hydrogen-bond acceptors (Lipinski definition) is 2. The fraction of sp³-hybridized carbons (Fsp3) is 0.536. The van der Waals surface area contributed by atoms with Crippen molar-refractivity contribution in [3.8, 4) is 5.75 Å². The minimum atomic E-state index is -0.0875. The number of phenolic OH excluding ortho intramolecular Hbond substituents is 1. The van der Waals surface area contributed by atoms with E-state index in [1.54, 1.807) is 12.1 Å². The van der Waals surface area contributed by atoms with E-state index in [2.05, 4.69) is 65.1 Å². The van der Waals surface area contributed by atoms with Crippen molar-refractivity contribution in [1.29, 1.82) is 0 Å². The molecule has 1 atom stereocenters. The van der Waals surface area contributed by atoms with Crippen molar-refractivity contribution in [2.24, 2.45) is 0 Å². The number of rotatable bonds is 11. The molecule has 4 heteroatoms. The summed E-state index contributed by atoms with van der Waals surface area (Å²) in [7, 11) is 0. The number of unbranched alkanes of at least 4 members (excludes halogenated alkanes) is 4. The lowest BCUT2D eigenvalue weighted by Gasteiger charge is -2.31. The van der Waals surface area contributed by atoms with Crippen molar-refractivity contribution in [2.45, 2.75) is 91.5 Å². The summed E-state index contributed by atoms with van der Waals surface area (Å²) >= 11 is 0. The van der Waals surface area contributed by atoms with Gasteiger partial charge in [0, 0.05) is 12.2 Å². The maximum Gasteiger partial charge on any atom is 0.322 e. The second-order valence-electron chi connectivity index (χ2n) is 9.43. The van der Waals surface area contributed by atoms with Crippen molar-refractivity contribution in [1.82, 2.24) is 4.90 Å². The third-order valence-electron chi connectivity index (χ3n) is 6.21. The third kappa shape index (κ3) is 7.01. The molecule has 0 radical (unpaired) electrons. The van der Waals surface area contributed by atoms with E-state index in [9.17, 15) is 9.90 Å². The Morgan fingerprint density at radius 3 is 1.97 bits per heavy atom. The molecule has 1 unspecified atom stereocenters. The largest absolute Gasteiger partial charge is 0.508 e. The lowest BCUT2D eigenvalue weighted by Crippen LogP contribution is -2.38. The number of hydrogen-bond donors (Lipinski definition) is 2. The van der Waals surface area contributed by atoms with E-state index in [0.717, 1.165) is 24.1 Å². The molecule has 0 aliphatic rings. The Labute approximate surface area is 195 Å². The number of aromatic hydroxyl groups is 1. The van der Waals surface area contributed by atoms with Crippen molar-refractivity contribution in [2.75, 3.05) is 11.9 Å². The van der Waals surface area contributed by atoms with Gasteiger partial charge in [0.1, 0.15) is 5.75 Å². The molecule has 2 aromatic rings. The highest BCUT2D eigenvalue weighted by Gasteiger charge is 2.24. The van der Waals surface area contributed by atoms with Gasteiger partial charge in [-0.3, -0.25) is 0 Å². The first kappa shape index (κ1) is 25.8. The highest BCUT2D eigenvalue weighted by Crippen LogP contribution is 2.33. The van der Waals surface area contributed by atoms with Crippen molar-refractivity contribution in [3.63, 3.8) is 0 Å². The molecule has 0 aliphatic carbocycles. The van der Waals surface area contributed by atoms with Gasteiger partial charge in [0.2, 0.25) is 0 Å². The highest BCUT2D eigenvalue weighted by molar-refractivity contribution is 5.91. The number of para-hydroxylation sites is 1. The Balaban J connectivity index is 2.30. The van der Waals surface area contributed by atoms with Crippen molar-refractivity contribution >= 4 is 11.7 Å². The summed E-state index contributed by atoms with van der Waals surface area (Å²) < 4.78 is 0. The zero-order valence-corrected chi connectivity index (χ0v) is 20.8. The van der Waals surface area contributed by atoms with Crippen LogP contribution in [-0.2, 0) is 0 Å². The number of nitrogens with one attached hydrogen (secondary N) is 1. The van der Waals surface area contributed by atoms with Crippen LogP contribution < -0.4 is 5.32 Å². The molecule has 2 N–H and O–H groups in total. The molecule has 2 amide bonds. The summed E-state index contributed by atoms with van der Waals surface area (Å²) in [5, 5.41) is 13.0. The van der Waals surface area contributed by atoms with Gasteiger partial charge in [-0.2, -0.15) is 0 Å². The minimum absolute atomic E-state index is 0.0592. The van der Waals surface area contributed by atoms with Crippen LogP contribution in [0, 0.1) is 0 Å². The minimum Gasteiger partial charge on any atom is -0.508 e. The number of carbonyl (C=O) groups is 1. The number of carbonyl (C=O) groups excluding carboxylic acids is 1. The van der Waals surface area contributed by atoms with Crippen LogP contribution in [0.3, 0.4) is 0 Å². The van der Waals surface area contributed by atoms with E-state index in [1.807, 2.05) is 17.0 Å².